The second kappa shape index (κ2) is 5.25. The van der Waals surface area contributed by atoms with E-state index in [0.29, 0.717) is 11.9 Å². The molecule has 4 heteroatoms. The van der Waals surface area contributed by atoms with Gasteiger partial charge in [-0.15, -0.1) is 11.3 Å². The molecule has 0 bridgehead atoms. The first-order chi connectivity index (χ1) is 9.15. The maximum absolute atomic E-state index is 12.6. The Morgan fingerprint density at radius 1 is 1.37 bits per heavy atom. The van der Waals surface area contributed by atoms with Crippen LogP contribution in [0.3, 0.4) is 0 Å². The molecule has 2 aliphatic rings. The standard InChI is InChI=1S/C15H22N2OS/c1-10-5-8-14(19-10)11(2)17-9-3-4-13(15(17)18)16-12-6-7-12/h5,8,11-13,16H,3-4,6-7,9H2,1-2H3. The number of nitrogens with zero attached hydrogens (tertiary/aromatic N) is 1. The number of likely N-dealkylation sites (tertiary alicyclic amines) is 1. The quantitative estimate of drug-likeness (QED) is 0.918. The van der Waals surface area contributed by atoms with Crippen molar-refractivity contribution in [2.24, 2.45) is 0 Å². The number of thiophene rings is 1. The van der Waals surface area contributed by atoms with Crippen molar-refractivity contribution < 1.29 is 4.79 Å². The molecule has 3 nitrogen and oxygen atoms in total. The minimum absolute atomic E-state index is 0.0600. The lowest BCUT2D eigenvalue weighted by atomic mass is 10.0. The first kappa shape index (κ1) is 13.1. The van der Waals surface area contributed by atoms with Gasteiger partial charge < -0.3 is 10.2 Å². The van der Waals surface area contributed by atoms with E-state index in [1.165, 1.54) is 22.6 Å². The van der Waals surface area contributed by atoms with E-state index < -0.39 is 0 Å². The smallest absolute Gasteiger partial charge is 0.240 e. The van der Waals surface area contributed by atoms with Crippen LogP contribution in [0.2, 0.25) is 0 Å². The average Bonchev–Trinajstić information content (AvgIpc) is 3.11. The molecule has 19 heavy (non-hydrogen) atoms. The lowest BCUT2D eigenvalue weighted by Crippen LogP contribution is -2.51. The molecule has 1 aromatic rings. The molecule has 0 spiro atoms. The number of amides is 1. The molecule has 1 amide bonds. The maximum atomic E-state index is 12.6. The van der Waals surface area contributed by atoms with Crippen molar-refractivity contribution in [1.82, 2.24) is 10.2 Å². The lowest BCUT2D eigenvalue weighted by Gasteiger charge is -2.36. The number of hydrogen-bond acceptors (Lipinski definition) is 3. The summed E-state index contributed by atoms with van der Waals surface area (Å²) in [5.41, 5.74) is 0. The number of carbonyl (C=O) groups excluding carboxylic acids is 1. The zero-order valence-corrected chi connectivity index (χ0v) is 12.5. The van der Waals surface area contributed by atoms with Crippen LogP contribution >= 0.6 is 11.3 Å². The number of rotatable bonds is 4. The van der Waals surface area contributed by atoms with E-state index >= 15 is 0 Å². The molecule has 2 unspecified atom stereocenters. The van der Waals surface area contributed by atoms with Crippen LogP contribution in [0.15, 0.2) is 12.1 Å². The molecule has 0 aromatic carbocycles. The highest BCUT2D eigenvalue weighted by Crippen LogP contribution is 2.31. The number of carbonyl (C=O) groups is 1. The van der Waals surface area contributed by atoms with Gasteiger partial charge in [0.2, 0.25) is 5.91 Å². The largest absolute Gasteiger partial charge is 0.334 e. The van der Waals surface area contributed by atoms with Crippen LogP contribution < -0.4 is 5.32 Å². The predicted molar refractivity (Wildman–Crippen MR) is 78.4 cm³/mol. The number of aryl methyl sites for hydroxylation is 1. The van der Waals surface area contributed by atoms with Gasteiger partial charge >= 0.3 is 0 Å². The van der Waals surface area contributed by atoms with Crippen molar-refractivity contribution in [3.05, 3.63) is 21.9 Å². The zero-order chi connectivity index (χ0) is 13.4. The van der Waals surface area contributed by atoms with E-state index in [1.807, 2.05) is 0 Å². The Kier molecular flexibility index (Phi) is 3.63. The highest BCUT2D eigenvalue weighted by atomic mass is 32.1. The van der Waals surface area contributed by atoms with E-state index in [-0.39, 0.29) is 12.1 Å². The summed E-state index contributed by atoms with van der Waals surface area (Å²) < 4.78 is 0. The Balaban J connectivity index is 1.70. The summed E-state index contributed by atoms with van der Waals surface area (Å²) >= 11 is 1.80. The monoisotopic (exact) mass is 278 g/mol. The van der Waals surface area contributed by atoms with Gasteiger partial charge in [0.1, 0.15) is 0 Å². The highest BCUT2D eigenvalue weighted by molar-refractivity contribution is 7.12. The number of piperidine rings is 1. The minimum Gasteiger partial charge on any atom is -0.334 e. The highest BCUT2D eigenvalue weighted by Gasteiger charge is 2.35. The van der Waals surface area contributed by atoms with E-state index in [0.717, 1.165) is 19.4 Å². The third-order valence-corrected chi connectivity index (χ3v) is 5.30. The summed E-state index contributed by atoms with van der Waals surface area (Å²) in [7, 11) is 0. The molecule has 1 aliphatic heterocycles. The molecule has 104 valence electrons. The second-order valence-corrected chi connectivity index (χ2v) is 7.11. The van der Waals surface area contributed by atoms with E-state index in [4.69, 9.17) is 0 Å². The third kappa shape index (κ3) is 2.84. The molecule has 2 fully saturated rings. The molecule has 1 saturated heterocycles. The number of hydrogen-bond donors (Lipinski definition) is 1. The van der Waals surface area contributed by atoms with E-state index in [9.17, 15) is 4.79 Å². The Morgan fingerprint density at radius 2 is 2.16 bits per heavy atom. The fraction of sp³-hybridized carbons (Fsp3) is 0.667. The van der Waals surface area contributed by atoms with Crippen LogP contribution in [0, 0.1) is 6.92 Å². The molecule has 1 aromatic heterocycles. The first-order valence-corrected chi connectivity index (χ1v) is 8.09. The van der Waals surface area contributed by atoms with Gasteiger partial charge in [-0.2, -0.15) is 0 Å². The fourth-order valence-corrected chi connectivity index (χ4v) is 3.75. The Bertz CT molecular complexity index is 466. The lowest BCUT2D eigenvalue weighted by molar-refractivity contribution is -0.138. The van der Waals surface area contributed by atoms with E-state index in [1.54, 1.807) is 11.3 Å². The SMILES string of the molecule is Cc1ccc(C(C)N2CCCC(NC3CC3)C2=O)s1. The van der Waals surface area contributed by atoms with Gasteiger partial charge in [0.25, 0.3) is 0 Å². The van der Waals surface area contributed by atoms with Crippen molar-refractivity contribution in [2.45, 2.75) is 57.7 Å². The van der Waals surface area contributed by atoms with Crippen molar-refractivity contribution >= 4 is 17.2 Å². The van der Waals surface area contributed by atoms with Gasteiger partial charge in [-0.25, -0.2) is 0 Å². The van der Waals surface area contributed by atoms with Gasteiger partial charge in [0.15, 0.2) is 0 Å². The van der Waals surface area contributed by atoms with Crippen LogP contribution in [0.5, 0.6) is 0 Å². The molecular weight excluding hydrogens is 256 g/mol. The molecule has 2 atom stereocenters. The van der Waals surface area contributed by atoms with Gasteiger partial charge in [0, 0.05) is 22.3 Å². The molecular formula is C15H22N2OS. The van der Waals surface area contributed by atoms with Crippen molar-refractivity contribution in [1.29, 1.82) is 0 Å². The van der Waals surface area contributed by atoms with Crippen LogP contribution in [0.4, 0.5) is 0 Å². The van der Waals surface area contributed by atoms with Gasteiger partial charge in [-0.3, -0.25) is 4.79 Å². The minimum atomic E-state index is 0.0600. The Morgan fingerprint density at radius 3 is 2.79 bits per heavy atom. The van der Waals surface area contributed by atoms with Crippen LogP contribution in [0.25, 0.3) is 0 Å². The second-order valence-electron chi connectivity index (χ2n) is 5.79. The van der Waals surface area contributed by atoms with E-state index in [2.05, 4.69) is 36.2 Å². The summed E-state index contributed by atoms with van der Waals surface area (Å²) in [6, 6.07) is 5.19. The van der Waals surface area contributed by atoms with Crippen molar-refractivity contribution in [3.8, 4) is 0 Å². The molecule has 0 radical (unpaired) electrons. The molecule has 1 N–H and O–H groups in total. The summed E-state index contributed by atoms with van der Waals surface area (Å²) in [6.07, 6.45) is 4.60. The van der Waals surface area contributed by atoms with Crippen LogP contribution in [-0.4, -0.2) is 29.4 Å². The van der Waals surface area contributed by atoms with Crippen molar-refractivity contribution in [2.75, 3.05) is 6.54 Å². The summed E-state index contributed by atoms with van der Waals surface area (Å²) in [4.78, 5) is 17.3. The van der Waals surface area contributed by atoms with Gasteiger partial charge in [-0.05, 0) is 51.7 Å². The predicted octanol–water partition coefficient (Wildman–Crippen LogP) is 2.86. The molecule has 3 rings (SSSR count). The normalized spacial score (nSPS) is 25.7. The third-order valence-electron chi connectivity index (χ3n) is 4.13. The summed E-state index contributed by atoms with van der Waals surface area (Å²) in [6.45, 7) is 5.18. The summed E-state index contributed by atoms with van der Waals surface area (Å²) in [5, 5.41) is 3.50. The molecule has 1 aliphatic carbocycles. The molecule has 2 heterocycles. The fourth-order valence-electron chi connectivity index (χ4n) is 2.80. The Hall–Kier alpha value is -0.870. The van der Waals surface area contributed by atoms with Crippen molar-refractivity contribution in [3.63, 3.8) is 0 Å². The van der Waals surface area contributed by atoms with Gasteiger partial charge in [0.05, 0.1) is 12.1 Å². The Labute approximate surface area is 119 Å². The van der Waals surface area contributed by atoms with Crippen LogP contribution in [-0.2, 0) is 4.79 Å². The topological polar surface area (TPSA) is 32.3 Å². The maximum Gasteiger partial charge on any atom is 0.240 e. The number of nitrogens with one attached hydrogen (secondary N) is 1. The first-order valence-electron chi connectivity index (χ1n) is 7.28. The van der Waals surface area contributed by atoms with Crippen LogP contribution in [0.1, 0.15) is 48.4 Å². The average molecular weight is 278 g/mol. The summed E-state index contributed by atoms with van der Waals surface area (Å²) in [5.74, 6) is 0.303. The van der Waals surface area contributed by atoms with Gasteiger partial charge in [-0.1, -0.05) is 0 Å². The zero-order valence-electron chi connectivity index (χ0n) is 11.7. The molecule has 1 saturated carbocycles.